The lowest BCUT2D eigenvalue weighted by Gasteiger charge is -2.22. The Labute approximate surface area is 134 Å². The van der Waals surface area contributed by atoms with Crippen LogP contribution in [0.4, 0.5) is 0 Å². The summed E-state index contributed by atoms with van der Waals surface area (Å²) in [6.07, 6.45) is 23.4. The molecule has 0 saturated carbocycles. The Bertz CT molecular complexity index is 432. The van der Waals surface area contributed by atoms with Crippen molar-refractivity contribution in [2.24, 2.45) is 0 Å². The summed E-state index contributed by atoms with van der Waals surface area (Å²) in [5, 5.41) is 0. The lowest BCUT2D eigenvalue weighted by molar-refractivity contribution is -0.186. The zero-order valence-corrected chi connectivity index (χ0v) is 13.8. The quantitative estimate of drug-likeness (QED) is 0.310. The summed E-state index contributed by atoms with van der Waals surface area (Å²) in [5.41, 5.74) is 0. The van der Waals surface area contributed by atoms with E-state index in [0.29, 0.717) is 6.42 Å². The highest BCUT2D eigenvalue weighted by molar-refractivity contribution is 5.84. The van der Waals surface area contributed by atoms with Crippen molar-refractivity contribution in [2.75, 3.05) is 7.11 Å². The van der Waals surface area contributed by atoms with E-state index in [9.17, 15) is 4.79 Å². The molecule has 0 aromatic heterocycles. The SMILES string of the molecule is CCCCC/C=C\C/C=C\C/C=C\C[C@@]1(OC)C=CC(=O)O1. The second kappa shape index (κ2) is 11.0. The van der Waals surface area contributed by atoms with Crippen molar-refractivity contribution < 1.29 is 14.3 Å². The van der Waals surface area contributed by atoms with Crippen molar-refractivity contribution in [3.8, 4) is 0 Å². The predicted octanol–water partition coefficient (Wildman–Crippen LogP) is 4.86. The molecular weight excluding hydrogens is 276 g/mol. The summed E-state index contributed by atoms with van der Waals surface area (Å²) >= 11 is 0. The summed E-state index contributed by atoms with van der Waals surface area (Å²) in [4.78, 5) is 11.1. The van der Waals surface area contributed by atoms with Crippen molar-refractivity contribution in [1.29, 1.82) is 0 Å². The van der Waals surface area contributed by atoms with Gasteiger partial charge in [0.15, 0.2) is 0 Å². The first-order chi connectivity index (χ1) is 10.7. The summed E-state index contributed by atoms with van der Waals surface area (Å²) in [5.74, 6) is -1.25. The van der Waals surface area contributed by atoms with Gasteiger partial charge in [-0.3, -0.25) is 0 Å². The van der Waals surface area contributed by atoms with Gasteiger partial charge >= 0.3 is 5.97 Å². The van der Waals surface area contributed by atoms with E-state index in [1.165, 1.54) is 31.8 Å². The van der Waals surface area contributed by atoms with Gasteiger partial charge in [0.1, 0.15) is 0 Å². The van der Waals surface area contributed by atoms with Crippen molar-refractivity contribution in [3.05, 3.63) is 48.6 Å². The van der Waals surface area contributed by atoms with Gasteiger partial charge in [-0.2, -0.15) is 0 Å². The number of carbonyl (C=O) groups excluding carboxylic acids is 1. The van der Waals surface area contributed by atoms with Crippen LogP contribution in [-0.4, -0.2) is 18.9 Å². The molecule has 3 heteroatoms. The summed E-state index contributed by atoms with van der Waals surface area (Å²) in [7, 11) is 1.55. The smallest absolute Gasteiger partial charge is 0.333 e. The van der Waals surface area contributed by atoms with Crippen LogP contribution in [-0.2, 0) is 14.3 Å². The molecule has 0 aromatic carbocycles. The normalized spacial score (nSPS) is 21.6. The van der Waals surface area contributed by atoms with Gasteiger partial charge in [0.2, 0.25) is 5.79 Å². The van der Waals surface area contributed by atoms with Gasteiger partial charge in [-0.05, 0) is 31.8 Å². The number of carbonyl (C=O) groups is 1. The third-order valence-corrected chi connectivity index (χ3v) is 3.51. The maximum absolute atomic E-state index is 11.1. The Balaban J connectivity index is 2.12. The Morgan fingerprint density at radius 1 is 1.09 bits per heavy atom. The molecule has 22 heavy (non-hydrogen) atoms. The van der Waals surface area contributed by atoms with Crippen LogP contribution < -0.4 is 0 Å². The first kappa shape index (κ1) is 18.4. The van der Waals surface area contributed by atoms with Crippen LogP contribution >= 0.6 is 0 Å². The first-order valence-electron chi connectivity index (χ1n) is 8.15. The number of methoxy groups -OCH3 is 1. The van der Waals surface area contributed by atoms with Gasteiger partial charge in [-0.15, -0.1) is 0 Å². The number of cyclic esters (lactones) is 1. The predicted molar refractivity (Wildman–Crippen MR) is 90.4 cm³/mol. The first-order valence-corrected chi connectivity index (χ1v) is 8.15. The highest BCUT2D eigenvalue weighted by Crippen LogP contribution is 2.25. The van der Waals surface area contributed by atoms with Crippen molar-refractivity contribution in [1.82, 2.24) is 0 Å². The zero-order valence-electron chi connectivity index (χ0n) is 13.8. The lowest BCUT2D eigenvalue weighted by atomic mass is 10.1. The fourth-order valence-corrected chi connectivity index (χ4v) is 2.16. The van der Waals surface area contributed by atoms with Crippen LogP contribution in [0.1, 0.15) is 51.9 Å². The number of allylic oxidation sites excluding steroid dienone is 5. The molecule has 0 bridgehead atoms. The fraction of sp³-hybridized carbons (Fsp3) is 0.526. The molecular formula is C19H28O3. The largest absolute Gasteiger partial charge is 0.426 e. The van der Waals surface area contributed by atoms with E-state index >= 15 is 0 Å². The summed E-state index contributed by atoms with van der Waals surface area (Å²) in [6, 6.07) is 0. The third-order valence-electron chi connectivity index (χ3n) is 3.51. The van der Waals surface area contributed by atoms with Gasteiger partial charge in [-0.25, -0.2) is 4.79 Å². The molecule has 122 valence electrons. The Hall–Kier alpha value is -1.61. The van der Waals surface area contributed by atoms with Gasteiger partial charge in [-0.1, -0.05) is 56.2 Å². The maximum Gasteiger partial charge on any atom is 0.333 e. The number of hydrogen-bond donors (Lipinski definition) is 0. The minimum Gasteiger partial charge on any atom is -0.426 e. The number of unbranched alkanes of at least 4 members (excludes halogenated alkanes) is 3. The van der Waals surface area contributed by atoms with Crippen LogP contribution in [0.15, 0.2) is 48.6 Å². The van der Waals surface area contributed by atoms with Crippen molar-refractivity contribution >= 4 is 5.97 Å². The van der Waals surface area contributed by atoms with E-state index in [2.05, 4.69) is 37.3 Å². The molecule has 0 saturated heterocycles. The molecule has 1 aliphatic heterocycles. The molecule has 0 spiro atoms. The van der Waals surface area contributed by atoms with E-state index in [4.69, 9.17) is 9.47 Å². The molecule has 1 rings (SSSR count). The van der Waals surface area contributed by atoms with Crippen LogP contribution in [0.2, 0.25) is 0 Å². The Kier molecular flexibility index (Phi) is 9.24. The molecule has 1 atom stereocenters. The topological polar surface area (TPSA) is 35.5 Å². The van der Waals surface area contributed by atoms with Gasteiger partial charge in [0, 0.05) is 19.6 Å². The van der Waals surface area contributed by atoms with Crippen LogP contribution in [0, 0.1) is 0 Å². The second-order valence-electron chi connectivity index (χ2n) is 5.36. The third kappa shape index (κ3) is 7.41. The summed E-state index contributed by atoms with van der Waals surface area (Å²) in [6.45, 7) is 2.22. The van der Waals surface area contributed by atoms with Gasteiger partial charge < -0.3 is 9.47 Å². The molecule has 0 aliphatic carbocycles. The van der Waals surface area contributed by atoms with E-state index in [1.807, 2.05) is 6.08 Å². The van der Waals surface area contributed by atoms with E-state index in [-0.39, 0.29) is 5.97 Å². The maximum atomic E-state index is 11.1. The average molecular weight is 304 g/mol. The molecule has 0 N–H and O–H groups in total. The number of hydrogen-bond acceptors (Lipinski definition) is 3. The molecule has 1 heterocycles. The van der Waals surface area contributed by atoms with E-state index in [1.54, 1.807) is 13.2 Å². The molecule has 0 amide bonds. The standard InChI is InChI=1S/C19H28O3/c1-3-4-5-6-7-8-9-10-11-12-13-14-16-19(21-2)17-15-18(20)22-19/h7-8,10-11,13-15,17H,3-6,9,12,16H2,1-2H3/b8-7-,11-10-,14-13-/t19-/m0/s1. The van der Waals surface area contributed by atoms with E-state index in [0.717, 1.165) is 12.8 Å². The van der Waals surface area contributed by atoms with Gasteiger partial charge in [0.25, 0.3) is 0 Å². The van der Waals surface area contributed by atoms with Crippen molar-refractivity contribution in [2.45, 2.75) is 57.7 Å². The van der Waals surface area contributed by atoms with Crippen LogP contribution in [0.25, 0.3) is 0 Å². The fourth-order valence-electron chi connectivity index (χ4n) is 2.16. The Morgan fingerprint density at radius 2 is 1.77 bits per heavy atom. The molecule has 1 aliphatic rings. The number of esters is 1. The molecule has 0 unspecified atom stereocenters. The molecule has 0 aromatic rings. The van der Waals surface area contributed by atoms with E-state index < -0.39 is 5.79 Å². The lowest BCUT2D eigenvalue weighted by Crippen LogP contribution is -2.29. The van der Waals surface area contributed by atoms with Crippen molar-refractivity contribution in [3.63, 3.8) is 0 Å². The molecule has 3 nitrogen and oxygen atoms in total. The van der Waals surface area contributed by atoms with Gasteiger partial charge in [0.05, 0.1) is 0 Å². The van der Waals surface area contributed by atoms with Crippen LogP contribution in [0.5, 0.6) is 0 Å². The number of ether oxygens (including phenoxy) is 2. The van der Waals surface area contributed by atoms with Crippen LogP contribution in [0.3, 0.4) is 0 Å². The summed E-state index contributed by atoms with van der Waals surface area (Å²) < 4.78 is 10.4. The average Bonchev–Trinajstić information content (AvgIpc) is 2.90. The monoisotopic (exact) mass is 304 g/mol. The zero-order chi connectivity index (χ0) is 16.1. The number of rotatable bonds is 11. The highest BCUT2D eigenvalue weighted by atomic mass is 16.7. The minimum absolute atomic E-state index is 0.346. The minimum atomic E-state index is -0.904. The molecule has 0 fully saturated rings. The Morgan fingerprint density at radius 3 is 2.36 bits per heavy atom. The second-order valence-corrected chi connectivity index (χ2v) is 5.36. The highest BCUT2D eigenvalue weighted by Gasteiger charge is 2.34. The molecule has 0 radical (unpaired) electrons.